The Bertz CT molecular complexity index is 1560. The molecule has 0 unspecified atom stereocenters. The van der Waals surface area contributed by atoms with E-state index in [4.69, 9.17) is 0 Å². The van der Waals surface area contributed by atoms with E-state index in [0.717, 1.165) is 19.4 Å². The molecule has 6 aromatic rings. The van der Waals surface area contributed by atoms with Gasteiger partial charge < -0.3 is 0 Å². The van der Waals surface area contributed by atoms with Crippen molar-refractivity contribution in [3.8, 4) is 0 Å². The number of benzene rings is 5. The van der Waals surface area contributed by atoms with Gasteiger partial charge in [-0.1, -0.05) is 91.0 Å². The maximum atomic E-state index is 2.51. The highest BCUT2D eigenvalue weighted by Gasteiger charge is 2.16. The lowest BCUT2D eigenvalue weighted by Gasteiger charge is -2.12. The molecule has 0 radical (unpaired) electrons. The molecule has 0 aliphatic carbocycles. The third-order valence-electron chi connectivity index (χ3n) is 7.21. The minimum absolute atomic E-state index is 0.908. The van der Waals surface area contributed by atoms with Crippen LogP contribution >= 0.6 is 0 Å². The van der Waals surface area contributed by atoms with Gasteiger partial charge in [-0.2, -0.15) is 4.57 Å². The maximum Gasteiger partial charge on any atom is 0.212 e. The van der Waals surface area contributed by atoms with Gasteiger partial charge in [0.25, 0.3) is 0 Å². The Morgan fingerprint density at radius 1 is 0.486 bits per heavy atom. The van der Waals surface area contributed by atoms with Crippen LogP contribution in [0.15, 0.2) is 121 Å². The Kier molecular flexibility index (Phi) is 5.99. The molecular formula is C34H30N+. The summed E-state index contributed by atoms with van der Waals surface area (Å²) < 4.78 is 2.51. The van der Waals surface area contributed by atoms with Crippen LogP contribution < -0.4 is 4.57 Å². The van der Waals surface area contributed by atoms with Crippen LogP contribution in [0.3, 0.4) is 0 Å². The van der Waals surface area contributed by atoms with Gasteiger partial charge in [-0.15, -0.1) is 0 Å². The molecule has 5 aromatic carbocycles. The van der Waals surface area contributed by atoms with Gasteiger partial charge in [0.15, 0.2) is 12.2 Å². The molecule has 0 aliphatic heterocycles. The van der Waals surface area contributed by atoms with Crippen molar-refractivity contribution in [1.29, 1.82) is 0 Å². The van der Waals surface area contributed by atoms with Crippen LogP contribution in [-0.2, 0) is 19.4 Å². The minimum Gasteiger partial charge on any atom is -0.191 e. The van der Waals surface area contributed by atoms with Crippen LogP contribution in [0.1, 0.15) is 29.7 Å². The fraction of sp³-hybridized carbons (Fsp3) is 0.147. The zero-order valence-electron chi connectivity index (χ0n) is 20.0. The van der Waals surface area contributed by atoms with Crippen molar-refractivity contribution in [1.82, 2.24) is 0 Å². The number of aryl methyl sites for hydroxylation is 2. The lowest BCUT2D eigenvalue weighted by atomic mass is 9.93. The highest BCUT2D eigenvalue weighted by atomic mass is 15.0. The third kappa shape index (κ3) is 4.42. The lowest BCUT2D eigenvalue weighted by Crippen LogP contribution is -2.39. The summed E-state index contributed by atoms with van der Waals surface area (Å²) in [5.41, 5.74) is 5.57. The molecule has 6 rings (SSSR count). The van der Waals surface area contributed by atoms with Crippen molar-refractivity contribution in [3.63, 3.8) is 0 Å². The fourth-order valence-electron chi connectivity index (χ4n) is 5.46. The number of para-hydroxylation sites is 1. The van der Waals surface area contributed by atoms with Gasteiger partial charge in [-0.05, 0) is 64.6 Å². The normalized spacial score (nSPS) is 11.4. The first-order chi connectivity index (χ1) is 17.4. The number of nitrogens with zero attached hydrogens (tertiary/aromatic N) is 1. The number of unbranched alkanes of at least 4 members (excludes halogenated alkanes) is 1. The first kappa shape index (κ1) is 21.6. The lowest BCUT2D eigenvalue weighted by molar-refractivity contribution is -0.670. The van der Waals surface area contributed by atoms with Gasteiger partial charge in [0, 0.05) is 29.5 Å². The average Bonchev–Trinajstić information content (AvgIpc) is 2.92. The summed E-state index contributed by atoms with van der Waals surface area (Å²) in [6.07, 6.45) is 4.54. The molecule has 0 aliphatic rings. The van der Waals surface area contributed by atoms with E-state index in [0.29, 0.717) is 0 Å². The predicted octanol–water partition coefficient (Wildman–Crippen LogP) is 8.05. The molecule has 1 aromatic heterocycles. The Morgan fingerprint density at radius 3 is 1.83 bits per heavy atom. The number of pyridine rings is 1. The maximum absolute atomic E-state index is 2.51. The van der Waals surface area contributed by atoms with Crippen LogP contribution in [0.25, 0.3) is 32.4 Å². The second kappa shape index (κ2) is 9.72. The van der Waals surface area contributed by atoms with E-state index in [1.54, 1.807) is 0 Å². The van der Waals surface area contributed by atoms with Crippen molar-refractivity contribution in [3.05, 3.63) is 138 Å². The average molecular weight is 453 g/mol. The molecule has 0 bridgehead atoms. The Labute approximate surface area is 207 Å². The van der Waals surface area contributed by atoms with Gasteiger partial charge >= 0.3 is 0 Å². The summed E-state index contributed by atoms with van der Waals surface area (Å²) in [4.78, 5) is 0. The highest BCUT2D eigenvalue weighted by molar-refractivity contribution is 6.02. The summed E-state index contributed by atoms with van der Waals surface area (Å²) in [6, 6.07) is 44.2. The summed E-state index contributed by atoms with van der Waals surface area (Å²) in [6.45, 7) is 0.908. The molecule has 0 amide bonds. The molecule has 0 N–H and O–H groups in total. The molecule has 0 atom stereocenters. The number of aromatic nitrogens is 1. The molecule has 0 spiro atoms. The Hall–Kier alpha value is -3.97. The summed E-state index contributed by atoms with van der Waals surface area (Å²) in [5.74, 6) is 0. The third-order valence-corrected chi connectivity index (χ3v) is 7.21. The Balaban J connectivity index is 1.26. The molecule has 170 valence electrons. The van der Waals surface area contributed by atoms with E-state index in [2.05, 4.69) is 126 Å². The highest BCUT2D eigenvalue weighted by Crippen LogP contribution is 2.29. The van der Waals surface area contributed by atoms with Crippen molar-refractivity contribution < 1.29 is 4.57 Å². The Morgan fingerprint density at radius 2 is 1.09 bits per heavy atom. The molecule has 1 heteroatoms. The standard InChI is InChI=1S/C34H30N/c1-2-12-26(13-3-1)25-35-30(23-22-27-14-6-11-21-34(27)35)17-7-10-20-33-31-18-8-4-15-28(31)24-29-16-5-9-19-32(29)33/h1-6,8-9,11-16,18-19,21-24H,7,10,17,20,25H2/q+1. The van der Waals surface area contributed by atoms with E-state index in [9.17, 15) is 0 Å². The SMILES string of the molecule is c1ccc(C[n+]2c(CCCCc3c4ccccc4cc4ccccc34)ccc3ccccc32)cc1. The summed E-state index contributed by atoms with van der Waals surface area (Å²) in [5, 5.41) is 6.79. The zero-order valence-corrected chi connectivity index (χ0v) is 20.0. The van der Waals surface area contributed by atoms with E-state index < -0.39 is 0 Å². The van der Waals surface area contributed by atoms with Crippen molar-refractivity contribution in [2.45, 2.75) is 32.2 Å². The summed E-state index contributed by atoms with van der Waals surface area (Å²) >= 11 is 0. The quantitative estimate of drug-likeness (QED) is 0.131. The fourth-order valence-corrected chi connectivity index (χ4v) is 5.46. The van der Waals surface area contributed by atoms with Crippen molar-refractivity contribution >= 4 is 32.4 Å². The summed E-state index contributed by atoms with van der Waals surface area (Å²) in [7, 11) is 0. The second-order valence-electron chi connectivity index (χ2n) is 9.46. The number of fused-ring (bicyclic) bond motifs is 3. The zero-order chi connectivity index (χ0) is 23.5. The van der Waals surface area contributed by atoms with Crippen molar-refractivity contribution in [2.75, 3.05) is 0 Å². The van der Waals surface area contributed by atoms with Crippen LogP contribution in [0.5, 0.6) is 0 Å². The predicted molar refractivity (Wildman–Crippen MR) is 148 cm³/mol. The topological polar surface area (TPSA) is 3.88 Å². The van der Waals surface area contributed by atoms with E-state index >= 15 is 0 Å². The van der Waals surface area contributed by atoms with Gasteiger partial charge in [0.1, 0.15) is 0 Å². The van der Waals surface area contributed by atoms with E-state index in [-0.39, 0.29) is 0 Å². The first-order valence-electron chi connectivity index (χ1n) is 12.7. The molecular weight excluding hydrogens is 422 g/mol. The van der Waals surface area contributed by atoms with Gasteiger partial charge in [-0.3, -0.25) is 0 Å². The van der Waals surface area contributed by atoms with E-state index in [1.807, 2.05) is 0 Å². The number of hydrogen-bond donors (Lipinski definition) is 0. The van der Waals surface area contributed by atoms with Gasteiger partial charge in [-0.25, -0.2) is 0 Å². The molecule has 1 heterocycles. The smallest absolute Gasteiger partial charge is 0.191 e. The van der Waals surface area contributed by atoms with Crippen LogP contribution in [0.4, 0.5) is 0 Å². The van der Waals surface area contributed by atoms with Crippen LogP contribution in [-0.4, -0.2) is 0 Å². The minimum atomic E-state index is 0.908. The molecule has 0 saturated heterocycles. The van der Waals surface area contributed by atoms with E-state index in [1.165, 1.54) is 62.1 Å². The van der Waals surface area contributed by atoms with Crippen molar-refractivity contribution in [2.24, 2.45) is 0 Å². The largest absolute Gasteiger partial charge is 0.212 e. The molecule has 1 nitrogen and oxygen atoms in total. The number of rotatable bonds is 7. The molecule has 35 heavy (non-hydrogen) atoms. The van der Waals surface area contributed by atoms with Crippen LogP contribution in [0, 0.1) is 0 Å². The molecule has 0 saturated carbocycles. The first-order valence-corrected chi connectivity index (χ1v) is 12.7. The number of hydrogen-bond acceptors (Lipinski definition) is 0. The molecule has 0 fully saturated rings. The van der Waals surface area contributed by atoms with Gasteiger partial charge in [0.2, 0.25) is 5.52 Å². The second-order valence-corrected chi connectivity index (χ2v) is 9.46. The van der Waals surface area contributed by atoms with Gasteiger partial charge in [0.05, 0.1) is 0 Å². The monoisotopic (exact) mass is 452 g/mol. The van der Waals surface area contributed by atoms with Crippen LogP contribution in [0.2, 0.25) is 0 Å².